The molecule has 2 N–H and O–H groups in total. The molecule has 0 amide bonds. The van der Waals surface area contributed by atoms with Gasteiger partial charge in [0.05, 0.1) is 12.2 Å². The van der Waals surface area contributed by atoms with Crippen LogP contribution in [0.2, 0.25) is 0 Å². The van der Waals surface area contributed by atoms with Gasteiger partial charge in [-0.2, -0.15) is 0 Å². The predicted molar refractivity (Wildman–Crippen MR) is 230 cm³/mol. The fourth-order valence-electron chi connectivity index (χ4n) is 10.6. The summed E-state index contributed by atoms with van der Waals surface area (Å²) in [7, 11) is 0. The van der Waals surface area contributed by atoms with Gasteiger partial charge in [-0.05, 0) is 152 Å². The van der Waals surface area contributed by atoms with Crippen LogP contribution in [0.3, 0.4) is 0 Å². The molecule has 4 aliphatic carbocycles. The molecule has 0 unspecified atom stereocenters. The van der Waals surface area contributed by atoms with Gasteiger partial charge < -0.3 is 39.1 Å². The highest BCUT2D eigenvalue weighted by Crippen LogP contribution is 2.67. The molecule has 4 bridgehead atoms. The summed E-state index contributed by atoms with van der Waals surface area (Å²) in [5.74, 6) is 9.85. The van der Waals surface area contributed by atoms with Crippen molar-refractivity contribution in [3.8, 4) is 23.7 Å². The average molecular weight is 963 g/mol. The first-order chi connectivity index (χ1) is 28.1. The number of rotatable bonds is 16. The van der Waals surface area contributed by atoms with Crippen LogP contribution in [0, 0.1) is 69.0 Å². The van der Waals surface area contributed by atoms with Crippen molar-refractivity contribution in [1.29, 1.82) is 0 Å². The van der Waals surface area contributed by atoms with Crippen LogP contribution < -0.4 is 10.6 Å². The first-order valence-electron chi connectivity index (χ1n) is 21.4. The van der Waals surface area contributed by atoms with Crippen molar-refractivity contribution in [2.45, 2.75) is 157 Å². The molecule has 2 heterocycles. The Morgan fingerprint density at radius 3 is 1.35 bits per heavy atom. The van der Waals surface area contributed by atoms with E-state index in [0.717, 1.165) is 38.5 Å². The van der Waals surface area contributed by atoms with Crippen LogP contribution in [-0.4, -0.2) is 74.0 Å². The summed E-state index contributed by atoms with van der Waals surface area (Å²) in [6, 6.07) is -1.58. The minimum absolute atomic E-state index is 0.0505. The number of hydrogen-bond donors (Lipinski definition) is 2. The molecule has 4 fully saturated rings. The lowest BCUT2D eigenvalue weighted by Crippen LogP contribution is -2.44. The Bertz CT molecular complexity index is 1780. The molecular weight excluding hydrogens is 900 g/mol. The summed E-state index contributed by atoms with van der Waals surface area (Å²) in [6.45, 7) is 21.2. The molecule has 2 aliphatic heterocycles. The van der Waals surface area contributed by atoms with Crippen LogP contribution in [0.1, 0.15) is 121 Å². The molecule has 0 radical (unpaired) electrons. The summed E-state index contributed by atoms with van der Waals surface area (Å²) >= 11 is 6.73. The fraction of sp³-hybridized carbons (Fsp3) is 0.739. The zero-order valence-corrected chi connectivity index (χ0v) is 39.9. The van der Waals surface area contributed by atoms with Crippen molar-refractivity contribution in [2.24, 2.45) is 45.3 Å². The molecular formula is C46H62Br2N2O10. The van der Waals surface area contributed by atoms with Gasteiger partial charge >= 0.3 is 23.9 Å². The van der Waals surface area contributed by atoms with Crippen LogP contribution in [-0.2, 0) is 47.6 Å². The highest BCUT2D eigenvalue weighted by Gasteiger charge is 2.64. The molecule has 0 aromatic carbocycles. The minimum Gasteiger partial charge on any atom is -0.451 e. The molecule has 14 heteroatoms. The summed E-state index contributed by atoms with van der Waals surface area (Å²) in [5.41, 5.74) is 0.870. The summed E-state index contributed by atoms with van der Waals surface area (Å²) < 4.78 is 35.7. The Labute approximate surface area is 372 Å². The Kier molecular flexibility index (Phi) is 13.9. The molecule has 4 saturated carbocycles. The number of halogens is 2. The number of esters is 4. The van der Waals surface area contributed by atoms with Gasteiger partial charge in [0.25, 0.3) is 0 Å². The number of cyclic esters (lactones) is 2. The van der Waals surface area contributed by atoms with Crippen LogP contribution in [0.5, 0.6) is 0 Å². The minimum atomic E-state index is -0.967. The zero-order valence-electron chi connectivity index (χ0n) is 36.7. The maximum absolute atomic E-state index is 13.3. The molecule has 0 saturated heterocycles. The molecule has 12 nitrogen and oxygen atoms in total. The third-order valence-corrected chi connectivity index (χ3v) is 16.7. The number of hydrogen-bond acceptors (Lipinski definition) is 12. The third-order valence-electron chi connectivity index (χ3n) is 15.2. The van der Waals surface area contributed by atoms with Gasteiger partial charge in [0.15, 0.2) is 13.2 Å². The van der Waals surface area contributed by atoms with Crippen LogP contribution >= 0.6 is 31.9 Å². The van der Waals surface area contributed by atoms with E-state index < -0.39 is 48.5 Å². The van der Waals surface area contributed by atoms with Crippen LogP contribution in [0.15, 0.2) is 20.4 Å². The van der Waals surface area contributed by atoms with Gasteiger partial charge in [-0.1, -0.05) is 69.2 Å². The fourth-order valence-corrected chi connectivity index (χ4v) is 11.4. The van der Waals surface area contributed by atoms with E-state index in [0.29, 0.717) is 36.1 Å². The number of ether oxygens (including phenoxy) is 6. The molecule has 10 atom stereocenters. The van der Waals surface area contributed by atoms with E-state index in [1.807, 2.05) is 27.7 Å². The second-order valence-electron chi connectivity index (χ2n) is 19.9. The lowest BCUT2D eigenvalue weighted by molar-refractivity contribution is -0.185. The Morgan fingerprint density at radius 2 is 1.05 bits per heavy atom. The molecule has 60 heavy (non-hydrogen) atoms. The van der Waals surface area contributed by atoms with Gasteiger partial charge in [0.2, 0.25) is 12.6 Å². The van der Waals surface area contributed by atoms with Gasteiger partial charge in [-0.3, -0.25) is 0 Å². The van der Waals surface area contributed by atoms with Crippen LogP contribution in [0.4, 0.5) is 0 Å². The predicted octanol–water partition coefficient (Wildman–Crippen LogP) is 7.53. The van der Waals surface area contributed by atoms with E-state index in [1.54, 1.807) is 0 Å². The van der Waals surface area contributed by atoms with E-state index in [9.17, 15) is 19.2 Å². The SMILES string of the molecule is CC(C)C[C@H](NC1=C(Br)C(=O)O[C@@H]1O[C@@H]1C[C@@H]2CC[C@@]1(C)C2(C)C)C(=O)OCC#CC#CCOC(=O)[C@H](CC(C)C)NC1=C(Br)C(=O)O[C@@H]1O[C@@H]1C[C@@H]2CC[C@@]1(C)C2(C)C. The topological polar surface area (TPSA) is 148 Å². The largest absolute Gasteiger partial charge is 0.451 e. The normalized spacial score (nSPS) is 33.0. The van der Waals surface area contributed by atoms with Crippen molar-refractivity contribution in [3.05, 3.63) is 20.4 Å². The molecule has 0 aromatic heterocycles. The van der Waals surface area contributed by atoms with E-state index in [4.69, 9.17) is 28.4 Å². The van der Waals surface area contributed by atoms with E-state index in [1.165, 1.54) is 0 Å². The second-order valence-corrected chi connectivity index (χ2v) is 21.5. The van der Waals surface area contributed by atoms with Crippen LogP contribution in [0.25, 0.3) is 0 Å². The average Bonchev–Trinajstić information content (AvgIpc) is 3.85. The molecule has 0 aromatic rings. The summed E-state index contributed by atoms with van der Waals surface area (Å²) in [5, 5.41) is 6.41. The smallest absolute Gasteiger partial charge is 0.349 e. The Morgan fingerprint density at radius 1 is 0.683 bits per heavy atom. The van der Waals surface area contributed by atoms with Gasteiger partial charge in [0.1, 0.15) is 32.4 Å². The van der Waals surface area contributed by atoms with E-state index in [-0.39, 0.29) is 67.9 Å². The van der Waals surface area contributed by atoms with Gasteiger partial charge in [-0.15, -0.1) is 0 Å². The van der Waals surface area contributed by atoms with Crippen molar-refractivity contribution >= 4 is 55.7 Å². The zero-order chi connectivity index (χ0) is 43.9. The number of carbonyl (C=O) groups is 4. The lowest BCUT2D eigenvalue weighted by atomic mass is 9.70. The van der Waals surface area contributed by atoms with Gasteiger partial charge in [0, 0.05) is 0 Å². The maximum atomic E-state index is 13.3. The molecule has 6 aliphatic rings. The third kappa shape index (κ3) is 8.92. The summed E-state index contributed by atoms with van der Waals surface area (Å²) in [6.07, 6.45) is 4.94. The Hall–Kier alpha value is -3.04. The monoisotopic (exact) mass is 960 g/mol. The van der Waals surface area contributed by atoms with E-state index >= 15 is 0 Å². The highest BCUT2D eigenvalue weighted by molar-refractivity contribution is 9.12. The maximum Gasteiger partial charge on any atom is 0.349 e. The van der Waals surface area contributed by atoms with Crippen molar-refractivity contribution in [3.63, 3.8) is 0 Å². The van der Waals surface area contributed by atoms with Gasteiger partial charge in [-0.25, -0.2) is 19.2 Å². The van der Waals surface area contributed by atoms with Crippen molar-refractivity contribution in [2.75, 3.05) is 13.2 Å². The molecule has 0 spiro atoms. The summed E-state index contributed by atoms with van der Waals surface area (Å²) in [4.78, 5) is 52.1. The molecule has 330 valence electrons. The Balaban J connectivity index is 0.999. The first kappa shape index (κ1) is 46.5. The van der Waals surface area contributed by atoms with E-state index in [2.05, 4.69) is 108 Å². The lowest BCUT2D eigenvalue weighted by Gasteiger charge is -2.39. The first-order valence-corrected chi connectivity index (χ1v) is 23.0. The number of nitrogens with one attached hydrogen (secondary N) is 2. The van der Waals surface area contributed by atoms with Crippen molar-refractivity contribution < 1.29 is 47.6 Å². The molecule has 6 rings (SSSR count). The second kappa shape index (κ2) is 18.0. The quantitative estimate of drug-likeness (QED) is 0.0896. The standard InChI is InChI=1S/C46H62Br2N2O10/c1-25(2)21-29(49-35-33(47)39(53)59-41(35)57-31-23-27-15-17-45(31,9)43(27,5)6)37(51)55-19-13-11-12-14-20-56-38(52)30(22-26(3)4)50-36-34(48)40(54)60-42(36)58-32-24-28-16-18-46(32,10)44(28,7)8/h25-32,41-42,49-50H,15-24H2,1-10H3/t27-,28-,29-,30-,31+,32+,41-,42-,45+,46+/m0/s1. The van der Waals surface area contributed by atoms with Crippen molar-refractivity contribution in [1.82, 2.24) is 10.6 Å². The number of fused-ring (bicyclic) bond motifs is 4. The highest BCUT2D eigenvalue weighted by atomic mass is 79.9. The number of carbonyl (C=O) groups excluding carboxylic acids is 4.